The molecule has 2 N–H and O–H groups in total. The van der Waals surface area contributed by atoms with Crippen LogP contribution in [0.4, 0.5) is 4.39 Å². The molecule has 0 unspecified atom stereocenters. The number of carbonyl (C=O) groups excluding carboxylic acids is 2. The van der Waals surface area contributed by atoms with Crippen molar-refractivity contribution < 1.29 is 33.7 Å². The smallest absolute Gasteiger partial charge is 0.311 e. The number of hydrogen-bond acceptors (Lipinski definition) is 6. The van der Waals surface area contributed by atoms with Gasteiger partial charge in [0.2, 0.25) is 0 Å². The van der Waals surface area contributed by atoms with Gasteiger partial charge in [0.25, 0.3) is 5.91 Å². The number of aliphatic hydroxyl groups is 2. The van der Waals surface area contributed by atoms with E-state index in [1.807, 2.05) is 32.9 Å². The molecule has 1 amide bonds. The molecular weight excluding hydrogens is 597 g/mol. The molecule has 2 aliphatic rings. The lowest BCUT2D eigenvalue weighted by Gasteiger charge is -2.42. The van der Waals surface area contributed by atoms with Gasteiger partial charge in [-0.15, -0.1) is 0 Å². The van der Waals surface area contributed by atoms with Crippen molar-refractivity contribution in [2.24, 2.45) is 11.8 Å². The van der Waals surface area contributed by atoms with Crippen LogP contribution in [0.3, 0.4) is 0 Å². The van der Waals surface area contributed by atoms with Crippen LogP contribution in [0.25, 0.3) is 0 Å². The Bertz CT molecular complexity index is 1540. The minimum atomic E-state index is -2.32. The summed E-state index contributed by atoms with van der Waals surface area (Å²) in [6, 6.07) is 15.2. The van der Waals surface area contributed by atoms with Gasteiger partial charge >= 0.3 is 5.97 Å². The van der Waals surface area contributed by atoms with Crippen molar-refractivity contribution >= 4 is 23.5 Å². The number of hydrogen-bond donors (Lipinski definition) is 2. The lowest BCUT2D eigenvalue weighted by molar-refractivity contribution is -0.153. The third kappa shape index (κ3) is 5.89. The third-order valence-electron chi connectivity index (χ3n) is 9.41. The molecule has 0 bridgehead atoms. The maximum absolute atomic E-state index is 16.6. The van der Waals surface area contributed by atoms with Gasteiger partial charge in [-0.3, -0.25) is 14.5 Å². The summed E-state index contributed by atoms with van der Waals surface area (Å²) >= 11 is 6.20. The fourth-order valence-corrected chi connectivity index (χ4v) is 6.99. The highest BCUT2D eigenvalue weighted by Gasteiger charge is 2.57. The van der Waals surface area contributed by atoms with Crippen molar-refractivity contribution in [3.05, 3.63) is 105 Å². The standard InChI is InChI=1S/C36H41ClFNO6/c1-5-17-45-34(41)23(4)32(24-9-7-22(3)8-10-24)39-33(40)29-20-27(35(42,6-2)25-15-18-44-19-16-25)21-30(38)31(29)36(39,43)26-11-13-28(37)14-12-26/h7-14,20-21,23,25,32,42-43H,5-6,15-19H2,1-4H3/t23-,32-,35-,36+/m0/s1. The van der Waals surface area contributed by atoms with Crippen LogP contribution in [0.15, 0.2) is 60.7 Å². The molecule has 240 valence electrons. The highest BCUT2D eigenvalue weighted by Crippen LogP contribution is 2.51. The number of fused-ring (bicyclic) bond motifs is 1. The van der Waals surface area contributed by atoms with Crippen LogP contribution >= 0.6 is 11.6 Å². The predicted molar refractivity (Wildman–Crippen MR) is 169 cm³/mol. The minimum Gasteiger partial charge on any atom is -0.465 e. The Morgan fingerprint density at radius 3 is 2.38 bits per heavy atom. The Balaban J connectivity index is 1.74. The summed E-state index contributed by atoms with van der Waals surface area (Å²) < 4.78 is 27.7. The molecule has 4 atom stereocenters. The maximum Gasteiger partial charge on any atom is 0.311 e. The van der Waals surface area contributed by atoms with Gasteiger partial charge in [-0.1, -0.05) is 67.4 Å². The van der Waals surface area contributed by atoms with E-state index < -0.39 is 41.0 Å². The lowest BCUT2D eigenvalue weighted by atomic mass is 9.74. The number of amides is 1. The van der Waals surface area contributed by atoms with Crippen LogP contribution in [0.2, 0.25) is 5.02 Å². The Labute approximate surface area is 268 Å². The molecule has 3 aromatic carbocycles. The minimum absolute atomic E-state index is 0.0763. The summed E-state index contributed by atoms with van der Waals surface area (Å²) in [4.78, 5) is 29.3. The lowest BCUT2D eigenvalue weighted by Crippen LogP contribution is -2.50. The summed E-state index contributed by atoms with van der Waals surface area (Å²) in [5.74, 6) is -3.20. The molecule has 5 rings (SSSR count). The number of ether oxygens (including phenoxy) is 2. The summed E-state index contributed by atoms with van der Waals surface area (Å²) in [5, 5.41) is 25.2. The first-order chi connectivity index (χ1) is 21.5. The molecule has 7 nitrogen and oxygen atoms in total. The van der Waals surface area contributed by atoms with Crippen LogP contribution in [-0.4, -0.2) is 46.8 Å². The van der Waals surface area contributed by atoms with Crippen LogP contribution in [0.1, 0.15) is 90.7 Å². The second kappa shape index (κ2) is 13.2. The molecule has 9 heteroatoms. The topological polar surface area (TPSA) is 96.3 Å². The SMILES string of the molecule is CCCOC(=O)[C@@H](C)[C@@H](c1ccc(C)cc1)N1C(=O)c2cc([C@](O)(CC)C3CCOCC3)cc(F)c2[C@]1(O)c1ccc(Cl)cc1. The van der Waals surface area contributed by atoms with E-state index in [9.17, 15) is 19.8 Å². The second-order valence-corrected chi connectivity index (χ2v) is 12.6. The van der Waals surface area contributed by atoms with Gasteiger partial charge in [0, 0.05) is 23.8 Å². The molecule has 2 aliphatic heterocycles. The Hall–Kier alpha value is -3.30. The fraction of sp³-hybridized carbons (Fsp3) is 0.444. The van der Waals surface area contributed by atoms with Crippen LogP contribution in [0.5, 0.6) is 0 Å². The number of carbonyl (C=O) groups is 2. The largest absolute Gasteiger partial charge is 0.465 e. The van der Waals surface area contributed by atoms with Gasteiger partial charge in [-0.05, 0) is 80.8 Å². The monoisotopic (exact) mass is 637 g/mol. The first-order valence-electron chi connectivity index (χ1n) is 15.7. The van der Waals surface area contributed by atoms with Gasteiger partial charge in [-0.2, -0.15) is 0 Å². The van der Waals surface area contributed by atoms with E-state index in [4.69, 9.17) is 21.1 Å². The van der Waals surface area contributed by atoms with Gasteiger partial charge < -0.3 is 19.7 Å². The van der Waals surface area contributed by atoms with Crippen molar-refractivity contribution in [2.45, 2.75) is 70.7 Å². The zero-order valence-corrected chi connectivity index (χ0v) is 26.9. The molecule has 2 heterocycles. The van der Waals surface area contributed by atoms with Gasteiger partial charge in [-0.25, -0.2) is 4.39 Å². The normalized spacial score (nSPS) is 21.2. The predicted octanol–water partition coefficient (Wildman–Crippen LogP) is 6.79. The summed E-state index contributed by atoms with van der Waals surface area (Å²) in [6.07, 6.45) is 2.08. The molecule has 45 heavy (non-hydrogen) atoms. The van der Waals surface area contributed by atoms with E-state index in [0.717, 1.165) is 5.56 Å². The molecule has 1 saturated heterocycles. The second-order valence-electron chi connectivity index (χ2n) is 12.2. The average Bonchev–Trinajstić information content (AvgIpc) is 3.28. The Morgan fingerprint density at radius 2 is 1.78 bits per heavy atom. The third-order valence-corrected chi connectivity index (χ3v) is 9.66. The van der Waals surface area contributed by atoms with Crippen LogP contribution in [0, 0.1) is 24.6 Å². The molecule has 0 aliphatic carbocycles. The molecule has 0 radical (unpaired) electrons. The van der Waals surface area contributed by atoms with E-state index in [2.05, 4.69) is 0 Å². The van der Waals surface area contributed by atoms with E-state index in [1.165, 1.54) is 17.0 Å². The number of rotatable bonds is 10. The zero-order chi connectivity index (χ0) is 32.5. The molecule has 0 spiro atoms. The Morgan fingerprint density at radius 1 is 1.13 bits per heavy atom. The van der Waals surface area contributed by atoms with Crippen molar-refractivity contribution in [3.8, 4) is 0 Å². The molecular formula is C36H41ClFNO6. The zero-order valence-electron chi connectivity index (χ0n) is 26.2. The highest BCUT2D eigenvalue weighted by molar-refractivity contribution is 6.30. The van der Waals surface area contributed by atoms with Gasteiger partial charge in [0.05, 0.1) is 35.3 Å². The van der Waals surface area contributed by atoms with Crippen molar-refractivity contribution in [1.82, 2.24) is 4.90 Å². The van der Waals surface area contributed by atoms with Crippen molar-refractivity contribution in [1.29, 1.82) is 0 Å². The molecule has 1 fully saturated rings. The van der Waals surface area contributed by atoms with E-state index in [1.54, 1.807) is 43.3 Å². The Kier molecular flexibility index (Phi) is 9.70. The van der Waals surface area contributed by atoms with Crippen molar-refractivity contribution in [2.75, 3.05) is 19.8 Å². The summed E-state index contributed by atoms with van der Waals surface area (Å²) in [5.41, 5.74) is -2.05. The fourth-order valence-electron chi connectivity index (χ4n) is 6.86. The van der Waals surface area contributed by atoms with Crippen LogP contribution in [-0.2, 0) is 25.6 Å². The van der Waals surface area contributed by atoms with Crippen molar-refractivity contribution in [3.63, 3.8) is 0 Å². The summed E-state index contributed by atoms with van der Waals surface area (Å²) in [7, 11) is 0. The van der Waals surface area contributed by atoms with E-state index in [0.29, 0.717) is 49.5 Å². The number of nitrogens with zero attached hydrogens (tertiary/aromatic N) is 1. The molecule has 0 aromatic heterocycles. The van der Waals surface area contributed by atoms with Gasteiger partial charge in [0.15, 0.2) is 5.72 Å². The first kappa shape index (κ1) is 33.1. The average molecular weight is 638 g/mol. The highest BCUT2D eigenvalue weighted by atomic mass is 35.5. The maximum atomic E-state index is 16.6. The van der Waals surface area contributed by atoms with Crippen LogP contribution < -0.4 is 0 Å². The van der Waals surface area contributed by atoms with E-state index in [-0.39, 0.29) is 34.8 Å². The van der Waals surface area contributed by atoms with E-state index >= 15 is 4.39 Å². The first-order valence-corrected chi connectivity index (χ1v) is 16.0. The summed E-state index contributed by atoms with van der Waals surface area (Å²) in [6.45, 7) is 8.43. The molecule has 3 aromatic rings. The number of aryl methyl sites for hydroxylation is 1. The quantitative estimate of drug-likeness (QED) is 0.238. The molecule has 0 saturated carbocycles. The number of halogens is 2. The number of benzene rings is 3. The number of esters is 1. The van der Waals surface area contributed by atoms with Gasteiger partial charge in [0.1, 0.15) is 5.82 Å².